The van der Waals surface area contributed by atoms with E-state index in [4.69, 9.17) is 11.6 Å². The van der Waals surface area contributed by atoms with E-state index in [1.54, 1.807) is 6.92 Å². The summed E-state index contributed by atoms with van der Waals surface area (Å²) in [5.74, 6) is 0.635. The van der Waals surface area contributed by atoms with Crippen LogP contribution in [0.2, 0.25) is 0 Å². The zero-order valence-electron chi connectivity index (χ0n) is 8.06. The topological polar surface area (TPSA) is 29.1 Å². The van der Waals surface area contributed by atoms with Gasteiger partial charge in [0.25, 0.3) is 0 Å². The van der Waals surface area contributed by atoms with Crippen LogP contribution in [0.25, 0.3) is 0 Å². The highest BCUT2D eigenvalue weighted by molar-refractivity contribution is 6.30. The second kappa shape index (κ2) is 6.30. The van der Waals surface area contributed by atoms with Gasteiger partial charge in [0.2, 0.25) is 5.91 Å². The van der Waals surface area contributed by atoms with E-state index >= 15 is 0 Å². The molecular weight excluding hydrogens is 174 g/mol. The molecule has 3 heteroatoms. The van der Waals surface area contributed by atoms with Crippen molar-refractivity contribution in [1.82, 2.24) is 5.32 Å². The second-order valence-corrected chi connectivity index (χ2v) is 4.10. The van der Waals surface area contributed by atoms with Crippen molar-refractivity contribution in [1.29, 1.82) is 0 Å². The summed E-state index contributed by atoms with van der Waals surface area (Å²) in [6.45, 7) is 6.77. The molecule has 0 bridgehead atoms. The van der Waals surface area contributed by atoms with Gasteiger partial charge < -0.3 is 5.32 Å². The van der Waals surface area contributed by atoms with E-state index < -0.39 is 5.38 Å². The van der Waals surface area contributed by atoms with Gasteiger partial charge in [0.1, 0.15) is 5.38 Å². The van der Waals surface area contributed by atoms with Crippen molar-refractivity contribution in [2.45, 2.75) is 39.0 Å². The van der Waals surface area contributed by atoms with Crippen molar-refractivity contribution in [2.24, 2.45) is 5.92 Å². The first kappa shape index (κ1) is 11.8. The molecule has 1 N–H and O–H groups in total. The normalized spacial score (nSPS) is 13.1. The average molecular weight is 192 g/mol. The maximum absolute atomic E-state index is 10.9. The lowest BCUT2D eigenvalue weighted by atomic mass is 10.1. The number of hydrogen-bond donors (Lipinski definition) is 1. The van der Waals surface area contributed by atoms with E-state index in [0.29, 0.717) is 5.92 Å². The number of rotatable bonds is 5. The molecule has 0 aromatic rings. The molecule has 0 saturated carbocycles. The SMILES string of the molecule is CC(C)CCCNC(=O)C(C)Cl. The Morgan fingerprint density at radius 3 is 2.42 bits per heavy atom. The van der Waals surface area contributed by atoms with Gasteiger partial charge in [-0.15, -0.1) is 11.6 Å². The Labute approximate surface area is 79.7 Å². The highest BCUT2D eigenvalue weighted by Gasteiger charge is 2.06. The monoisotopic (exact) mass is 191 g/mol. The summed E-state index contributed by atoms with van der Waals surface area (Å²) < 4.78 is 0. The number of nitrogens with one attached hydrogen (secondary N) is 1. The molecule has 12 heavy (non-hydrogen) atoms. The van der Waals surface area contributed by atoms with E-state index in [0.717, 1.165) is 19.4 Å². The van der Waals surface area contributed by atoms with Gasteiger partial charge in [-0.25, -0.2) is 0 Å². The smallest absolute Gasteiger partial charge is 0.237 e. The van der Waals surface area contributed by atoms with E-state index in [1.165, 1.54) is 0 Å². The number of alkyl halides is 1. The molecular formula is C9H18ClNO. The Kier molecular flexibility index (Phi) is 6.17. The van der Waals surface area contributed by atoms with Gasteiger partial charge >= 0.3 is 0 Å². The van der Waals surface area contributed by atoms with Crippen LogP contribution in [0.3, 0.4) is 0 Å². The Hall–Kier alpha value is -0.240. The largest absolute Gasteiger partial charge is 0.355 e. The summed E-state index contributed by atoms with van der Waals surface area (Å²) in [6.07, 6.45) is 2.18. The summed E-state index contributed by atoms with van der Waals surface area (Å²) in [4.78, 5) is 10.9. The molecule has 0 aromatic heterocycles. The molecule has 0 heterocycles. The summed E-state index contributed by atoms with van der Waals surface area (Å²) in [6, 6.07) is 0. The third-order valence-electron chi connectivity index (χ3n) is 1.62. The van der Waals surface area contributed by atoms with Crippen LogP contribution < -0.4 is 5.32 Å². The molecule has 0 aromatic carbocycles. The van der Waals surface area contributed by atoms with E-state index in [1.807, 2.05) is 0 Å². The molecule has 1 amide bonds. The Morgan fingerprint density at radius 1 is 1.42 bits per heavy atom. The summed E-state index contributed by atoms with van der Waals surface area (Å²) in [5, 5.41) is 2.35. The number of halogens is 1. The zero-order valence-corrected chi connectivity index (χ0v) is 8.82. The van der Waals surface area contributed by atoms with Crippen molar-refractivity contribution in [3.63, 3.8) is 0 Å². The van der Waals surface area contributed by atoms with Crippen LogP contribution in [-0.4, -0.2) is 17.8 Å². The lowest BCUT2D eigenvalue weighted by Gasteiger charge is -2.07. The first-order chi connectivity index (χ1) is 5.54. The molecule has 0 radical (unpaired) electrons. The fraction of sp³-hybridized carbons (Fsp3) is 0.889. The minimum Gasteiger partial charge on any atom is -0.355 e. The number of carbonyl (C=O) groups excluding carboxylic acids is 1. The van der Waals surface area contributed by atoms with Gasteiger partial charge in [0.15, 0.2) is 0 Å². The molecule has 0 rings (SSSR count). The van der Waals surface area contributed by atoms with Gasteiger partial charge in [-0.2, -0.15) is 0 Å². The maximum atomic E-state index is 10.9. The Balaban J connectivity index is 3.26. The van der Waals surface area contributed by atoms with Gasteiger partial charge in [-0.3, -0.25) is 4.79 Å². The third-order valence-corrected chi connectivity index (χ3v) is 1.82. The molecule has 0 aliphatic heterocycles. The lowest BCUT2D eigenvalue weighted by Crippen LogP contribution is -2.30. The van der Waals surface area contributed by atoms with Crippen molar-refractivity contribution in [3.8, 4) is 0 Å². The maximum Gasteiger partial charge on any atom is 0.237 e. The van der Waals surface area contributed by atoms with E-state index in [9.17, 15) is 4.79 Å². The molecule has 0 fully saturated rings. The Morgan fingerprint density at radius 2 is 2.00 bits per heavy atom. The number of amides is 1. The molecule has 72 valence electrons. The van der Waals surface area contributed by atoms with Crippen molar-refractivity contribution >= 4 is 17.5 Å². The lowest BCUT2D eigenvalue weighted by molar-refractivity contribution is -0.120. The minimum absolute atomic E-state index is 0.0691. The van der Waals surface area contributed by atoms with Gasteiger partial charge in [0.05, 0.1) is 0 Å². The molecule has 0 aliphatic carbocycles. The first-order valence-corrected chi connectivity index (χ1v) is 4.89. The van der Waals surface area contributed by atoms with Crippen LogP contribution in [0.5, 0.6) is 0 Å². The predicted octanol–water partition coefficient (Wildman–Crippen LogP) is 2.17. The molecule has 0 spiro atoms. The average Bonchev–Trinajstić information content (AvgIpc) is 1.97. The van der Waals surface area contributed by atoms with Gasteiger partial charge in [0, 0.05) is 6.54 Å². The van der Waals surface area contributed by atoms with Gasteiger partial charge in [-0.05, 0) is 25.7 Å². The quantitative estimate of drug-likeness (QED) is 0.524. The van der Waals surface area contributed by atoms with Crippen molar-refractivity contribution in [3.05, 3.63) is 0 Å². The van der Waals surface area contributed by atoms with Crippen LogP contribution in [0, 0.1) is 5.92 Å². The van der Waals surface area contributed by atoms with E-state index in [2.05, 4.69) is 19.2 Å². The van der Waals surface area contributed by atoms with Crippen molar-refractivity contribution in [2.75, 3.05) is 6.54 Å². The van der Waals surface area contributed by atoms with Gasteiger partial charge in [-0.1, -0.05) is 13.8 Å². The van der Waals surface area contributed by atoms with Crippen LogP contribution in [0.1, 0.15) is 33.6 Å². The molecule has 2 nitrogen and oxygen atoms in total. The first-order valence-electron chi connectivity index (χ1n) is 4.45. The van der Waals surface area contributed by atoms with Crippen molar-refractivity contribution < 1.29 is 4.79 Å². The molecule has 1 unspecified atom stereocenters. The highest BCUT2D eigenvalue weighted by atomic mass is 35.5. The standard InChI is InChI=1S/C9H18ClNO/c1-7(2)5-4-6-11-9(12)8(3)10/h7-8H,4-6H2,1-3H3,(H,11,12). The van der Waals surface area contributed by atoms with Crippen LogP contribution in [0.4, 0.5) is 0 Å². The fourth-order valence-corrected chi connectivity index (χ4v) is 0.940. The predicted molar refractivity (Wildman–Crippen MR) is 52.4 cm³/mol. The molecule has 0 saturated heterocycles. The minimum atomic E-state index is -0.413. The molecule has 0 aliphatic rings. The molecule has 1 atom stereocenters. The highest BCUT2D eigenvalue weighted by Crippen LogP contribution is 2.02. The second-order valence-electron chi connectivity index (χ2n) is 3.44. The summed E-state index contributed by atoms with van der Waals surface area (Å²) >= 11 is 5.56. The van der Waals surface area contributed by atoms with Crippen LogP contribution in [0.15, 0.2) is 0 Å². The van der Waals surface area contributed by atoms with Crippen LogP contribution in [-0.2, 0) is 4.79 Å². The van der Waals surface area contributed by atoms with E-state index in [-0.39, 0.29) is 5.91 Å². The Bertz CT molecular complexity index is 134. The zero-order chi connectivity index (χ0) is 9.56. The summed E-state index contributed by atoms with van der Waals surface area (Å²) in [5.41, 5.74) is 0. The number of carbonyl (C=O) groups is 1. The summed E-state index contributed by atoms with van der Waals surface area (Å²) in [7, 11) is 0. The third kappa shape index (κ3) is 6.47. The fourth-order valence-electron chi connectivity index (χ4n) is 0.863. The van der Waals surface area contributed by atoms with Crippen LogP contribution >= 0.6 is 11.6 Å². The number of hydrogen-bond acceptors (Lipinski definition) is 1.